The normalized spacial score (nSPS) is 19.5. The minimum atomic E-state index is -0.920. The number of carboxylic acid groups (broad SMARTS) is 1. The second-order valence-electron chi connectivity index (χ2n) is 10.9. The largest absolute Gasteiger partial charge is 0.475 e. The lowest BCUT2D eigenvalue weighted by Gasteiger charge is -2.39. The zero-order chi connectivity index (χ0) is 27.1. The highest BCUT2D eigenvalue weighted by atomic mass is 16.5. The predicted octanol–water partition coefficient (Wildman–Crippen LogP) is 4.22. The third kappa shape index (κ3) is 4.70. The van der Waals surface area contributed by atoms with E-state index in [1.165, 1.54) is 26.9 Å². The number of nitriles is 1. The van der Waals surface area contributed by atoms with Gasteiger partial charge in [0.15, 0.2) is 0 Å². The number of aryl methyl sites for hydroxylation is 1. The van der Waals surface area contributed by atoms with Crippen molar-refractivity contribution in [2.45, 2.75) is 44.8 Å². The smallest absolute Gasteiger partial charge is 0.407 e. The van der Waals surface area contributed by atoms with E-state index in [-0.39, 0.29) is 6.04 Å². The molecule has 3 aliphatic rings. The van der Waals surface area contributed by atoms with E-state index in [4.69, 9.17) is 9.72 Å². The zero-order valence-electron chi connectivity index (χ0n) is 22.5. The fourth-order valence-electron chi connectivity index (χ4n) is 6.19. The molecule has 9 nitrogen and oxygen atoms in total. The number of aromatic nitrogens is 1. The van der Waals surface area contributed by atoms with Crippen LogP contribution in [0.3, 0.4) is 0 Å². The lowest BCUT2D eigenvalue weighted by molar-refractivity contribution is 0.111. The molecule has 4 heterocycles. The van der Waals surface area contributed by atoms with E-state index in [1.807, 2.05) is 0 Å². The Bertz CT molecular complexity index is 1460. The van der Waals surface area contributed by atoms with Crippen LogP contribution in [0.1, 0.15) is 35.2 Å². The van der Waals surface area contributed by atoms with Crippen molar-refractivity contribution in [3.8, 4) is 11.9 Å². The van der Waals surface area contributed by atoms with Crippen molar-refractivity contribution in [1.82, 2.24) is 14.8 Å². The van der Waals surface area contributed by atoms with Crippen molar-refractivity contribution in [2.24, 2.45) is 0 Å². The highest BCUT2D eigenvalue weighted by Crippen LogP contribution is 2.38. The summed E-state index contributed by atoms with van der Waals surface area (Å²) in [5.41, 5.74) is 5.51. The first-order chi connectivity index (χ1) is 18.9. The number of pyridine rings is 1. The summed E-state index contributed by atoms with van der Waals surface area (Å²) in [6.07, 6.45) is 2.01. The number of rotatable bonds is 6. The van der Waals surface area contributed by atoms with Crippen LogP contribution in [-0.2, 0) is 13.0 Å². The van der Waals surface area contributed by atoms with Crippen molar-refractivity contribution in [3.05, 3.63) is 58.8 Å². The number of nitrogens with one attached hydrogen (secondary N) is 1. The molecule has 0 saturated carbocycles. The molecule has 3 aromatic rings. The molecular weight excluding hydrogens is 492 g/mol. The van der Waals surface area contributed by atoms with E-state index < -0.39 is 6.09 Å². The summed E-state index contributed by atoms with van der Waals surface area (Å²) in [7, 11) is 2.11. The number of amides is 1. The number of nitrogens with zero attached hydrogens (tertiary/aromatic N) is 5. The van der Waals surface area contributed by atoms with Gasteiger partial charge in [-0.25, -0.2) is 9.78 Å². The van der Waals surface area contributed by atoms with Gasteiger partial charge in [-0.05, 0) is 56.8 Å². The number of ether oxygens (including phenoxy) is 1. The molecule has 0 spiro atoms. The Morgan fingerprint density at radius 2 is 2.03 bits per heavy atom. The third-order valence-electron chi connectivity index (χ3n) is 8.45. The molecular formula is C30H34N6O3. The minimum Gasteiger partial charge on any atom is -0.475 e. The summed E-state index contributed by atoms with van der Waals surface area (Å²) >= 11 is 0. The molecule has 2 aromatic carbocycles. The molecule has 2 saturated heterocycles. The molecule has 0 radical (unpaired) electrons. The average molecular weight is 527 g/mol. The van der Waals surface area contributed by atoms with Crippen LogP contribution < -0.4 is 15.0 Å². The van der Waals surface area contributed by atoms with E-state index >= 15 is 0 Å². The van der Waals surface area contributed by atoms with Crippen LogP contribution in [-0.4, -0.2) is 77.9 Å². The van der Waals surface area contributed by atoms with E-state index in [9.17, 15) is 15.2 Å². The maximum Gasteiger partial charge on any atom is 0.407 e. The number of carbonyl (C=O) groups is 1. The van der Waals surface area contributed by atoms with E-state index in [2.05, 4.69) is 71.6 Å². The molecule has 1 atom stereocenters. The Balaban J connectivity index is 1.35. The fraction of sp³-hybridized carbons (Fsp3) is 0.433. The molecule has 2 N–H and O–H groups in total. The molecule has 3 aliphatic heterocycles. The van der Waals surface area contributed by atoms with Crippen molar-refractivity contribution in [3.63, 3.8) is 0 Å². The Kier molecular flexibility index (Phi) is 6.65. The van der Waals surface area contributed by atoms with Crippen molar-refractivity contribution < 1.29 is 14.6 Å². The summed E-state index contributed by atoms with van der Waals surface area (Å²) < 4.78 is 6.27. The lowest BCUT2D eigenvalue weighted by atomic mass is 9.96. The second-order valence-corrected chi connectivity index (χ2v) is 10.9. The number of anilines is 2. The fourth-order valence-corrected chi connectivity index (χ4v) is 6.19. The minimum absolute atomic E-state index is 0.0488. The standard InChI is InChI=1S/C30H34N6O3/c1-19-6-3-7-20-8-4-10-26(27(19)20)35-13-11-23-25(17-35)33-29(39-18-22-9-5-12-34(22)2)24(14-31)28(23)32-21-15-36(16-21)30(37)38/h3-4,6-8,10,21-22H,5,9,11-13,15-18H2,1-2H3,(H,32,33)(H,37,38). The molecule has 6 rings (SSSR count). The van der Waals surface area contributed by atoms with Gasteiger partial charge in [0, 0.05) is 42.3 Å². The van der Waals surface area contributed by atoms with Gasteiger partial charge in [0.2, 0.25) is 5.88 Å². The van der Waals surface area contributed by atoms with Crippen LogP contribution in [0.15, 0.2) is 36.4 Å². The van der Waals surface area contributed by atoms with Gasteiger partial charge in [0.1, 0.15) is 18.2 Å². The first kappa shape index (κ1) is 25.3. The lowest BCUT2D eigenvalue weighted by Crippen LogP contribution is -2.56. The Hall–Kier alpha value is -4.03. The van der Waals surface area contributed by atoms with Gasteiger partial charge in [0.05, 0.1) is 24.0 Å². The number of fused-ring (bicyclic) bond motifs is 2. The van der Waals surface area contributed by atoms with Gasteiger partial charge in [-0.15, -0.1) is 0 Å². The molecule has 0 aliphatic carbocycles. The van der Waals surface area contributed by atoms with Gasteiger partial charge >= 0.3 is 6.09 Å². The van der Waals surface area contributed by atoms with Gasteiger partial charge in [-0.1, -0.05) is 30.3 Å². The number of likely N-dealkylation sites (N-methyl/N-ethyl adjacent to an activating group) is 1. The summed E-state index contributed by atoms with van der Waals surface area (Å²) in [4.78, 5) is 22.3. The van der Waals surface area contributed by atoms with Gasteiger partial charge in [0.25, 0.3) is 0 Å². The summed E-state index contributed by atoms with van der Waals surface area (Å²) in [6, 6.07) is 15.4. The quantitative estimate of drug-likeness (QED) is 0.492. The highest BCUT2D eigenvalue weighted by molar-refractivity contribution is 5.97. The van der Waals surface area contributed by atoms with Crippen molar-refractivity contribution in [2.75, 3.05) is 50.1 Å². The molecule has 1 unspecified atom stereocenters. The van der Waals surface area contributed by atoms with Crippen LogP contribution >= 0.6 is 0 Å². The SMILES string of the molecule is Cc1cccc2cccc(N3CCc4c(nc(OCC5CCCN5C)c(C#N)c4NC4CN(C(=O)O)C4)C3)c12. The van der Waals surface area contributed by atoms with Gasteiger partial charge in [-0.3, -0.25) is 0 Å². The molecule has 39 heavy (non-hydrogen) atoms. The van der Waals surface area contributed by atoms with Crippen molar-refractivity contribution in [1.29, 1.82) is 5.26 Å². The van der Waals surface area contributed by atoms with Crippen LogP contribution in [0.5, 0.6) is 5.88 Å². The summed E-state index contributed by atoms with van der Waals surface area (Å²) in [5, 5.41) is 25.5. The second kappa shape index (κ2) is 10.3. The Labute approximate surface area is 228 Å². The number of hydrogen-bond acceptors (Lipinski definition) is 7. The Morgan fingerprint density at radius 1 is 1.23 bits per heavy atom. The van der Waals surface area contributed by atoms with Crippen LogP contribution in [0.2, 0.25) is 0 Å². The number of benzene rings is 2. The first-order valence-corrected chi connectivity index (χ1v) is 13.7. The molecule has 2 fully saturated rings. The van der Waals surface area contributed by atoms with Crippen LogP contribution in [0.4, 0.5) is 16.2 Å². The maximum atomic E-state index is 11.3. The molecule has 0 bridgehead atoms. The van der Waals surface area contributed by atoms with E-state index in [0.29, 0.717) is 43.7 Å². The van der Waals surface area contributed by atoms with E-state index in [0.717, 1.165) is 49.3 Å². The molecule has 1 amide bonds. The van der Waals surface area contributed by atoms with Gasteiger partial charge in [-0.2, -0.15) is 5.26 Å². The van der Waals surface area contributed by atoms with Crippen LogP contribution in [0, 0.1) is 18.3 Å². The van der Waals surface area contributed by atoms with E-state index in [1.54, 1.807) is 0 Å². The number of hydrogen-bond donors (Lipinski definition) is 2. The van der Waals surface area contributed by atoms with Gasteiger partial charge < -0.3 is 29.9 Å². The topological polar surface area (TPSA) is 105 Å². The predicted molar refractivity (Wildman–Crippen MR) is 151 cm³/mol. The number of likely N-dealkylation sites (tertiary alicyclic amines) is 2. The van der Waals surface area contributed by atoms with Crippen LogP contribution in [0.25, 0.3) is 10.8 Å². The molecule has 1 aromatic heterocycles. The Morgan fingerprint density at radius 3 is 2.74 bits per heavy atom. The average Bonchev–Trinajstić information content (AvgIpc) is 3.32. The third-order valence-corrected chi connectivity index (χ3v) is 8.45. The monoisotopic (exact) mass is 526 g/mol. The van der Waals surface area contributed by atoms with Crippen molar-refractivity contribution >= 4 is 28.2 Å². The molecule has 9 heteroatoms. The molecule has 202 valence electrons. The zero-order valence-corrected chi connectivity index (χ0v) is 22.5. The maximum absolute atomic E-state index is 11.3. The summed E-state index contributed by atoms with van der Waals surface area (Å²) in [6.45, 7) is 5.86. The summed E-state index contributed by atoms with van der Waals surface area (Å²) in [5.74, 6) is 0.365. The first-order valence-electron chi connectivity index (χ1n) is 13.7. The highest BCUT2D eigenvalue weighted by Gasteiger charge is 2.34.